The topological polar surface area (TPSA) is 63.8 Å². The number of nitrogens with one attached hydrogen (secondary N) is 2. The van der Waals surface area contributed by atoms with Crippen molar-refractivity contribution in [1.29, 1.82) is 0 Å². The van der Waals surface area contributed by atoms with Gasteiger partial charge in [0.2, 0.25) is 0 Å². The molecule has 0 atom stereocenters. The molecule has 8 bridgehead atoms. The first-order valence-corrected chi connectivity index (χ1v) is 32.6. The van der Waals surface area contributed by atoms with Gasteiger partial charge in [-0.05, 0) is 223 Å². The molecule has 5 aromatic heterocycles. The van der Waals surface area contributed by atoms with Crippen LogP contribution in [0.5, 0.6) is 0 Å². The molecule has 0 saturated heterocycles. The normalized spacial score (nSPS) is 11.9. The minimum absolute atomic E-state index is 0.833. The fourth-order valence-corrected chi connectivity index (χ4v) is 14.4. The summed E-state index contributed by atoms with van der Waals surface area (Å²) >= 11 is 3.63. The Morgan fingerprint density at radius 3 is 1.17 bits per heavy atom. The van der Waals surface area contributed by atoms with E-state index in [0.717, 1.165) is 143 Å². The first kappa shape index (κ1) is 61.1. The number of benzene rings is 1. The summed E-state index contributed by atoms with van der Waals surface area (Å²) in [5.74, 6) is 27.4. The molecule has 0 saturated carbocycles. The fourth-order valence-electron chi connectivity index (χ4n) is 12.1. The van der Waals surface area contributed by atoms with Crippen molar-refractivity contribution in [2.45, 2.75) is 185 Å². The minimum Gasteiger partial charge on any atom is -0.378 e. The summed E-state index contributed by atoms with van der Waals surface area (Å²) in [5, 5.41) is 0. The maximum absolute atomic E-state index is 5.63. The van der Waals surface area contributed by atoms with Crippen molar-refractivity contribution >= 4 is 78.4 Å². The molecule has 2 aliphatic heterocycles. The van der Waals surface area contributed by atoms with Crippen LogP contribution in [-0.2, 0) is 38.5 Å². The maximum Gasteiger partial charge on any atom is 0.0851 e. The number of fused-ring (bicyclic) bond motifs is 8. The number of thiophene rings is 2. The summed E-state index contributed by atoms with van der Waals surface area (Å²) in [6.07, 6.45) is 18.8. The minimum atomic E-state index is 0.833. The Kier molecular flexibility index (Phi) is 21.5. The summed E-state index contributed by atoms with van der Waals surface area (Å²) in [7, 11) is 8.26. The molecular formula is C74H88N6S2. The van der Waals surface area contributed by atoms with Crippen LogP contribution in [0, 0.1) is 47.4 Å². The van der Waals surface area contributed by atoms with Crippen LogP contribution < -0.4 is 9.80 Å². The lowest BCUT2D eigenvalue weighted by Crippen LogP contribution is -2.12. The van der Waals surface area contributed by atoms with Gasteiger partial charge in [-0.3, -0.25) is 0 Å². The number of anilines is 2. The molecule has 0 aliphatic carbocycles. The lowest BCUT2D eigenvalue weighted by molar-refractivity contribution is 0.666. The average Bonchev–Trinajstić information content (AvgIpc) is 4.54. The highest BCUT2D eigenvalue weighted by Crippen LogP contribution is 2.44. The third-order valence-corrected chi connectivity index (χ3v) is 18.7. The predicted octanol–water partition coefficient (Wildman–Crippen LogP) is 19.0. The number of aromatic nitrogens is 4. The zero-order chi connectivity index (χ0) is 58.5. The molecular weight excluding hydrogens is 1040 g/mol. The number of nitrogens with zero attached hydrogens (tertiary/aromatic N) is 4. The summed E-state index contributed by atoms with van der Waals surface area (Å²) < 4.78 is 0. The standard InChI is InChI=1S/C74H88N6S2/c1-15-25-27-29-36-50-43-54(38-32-31-35-49-41-52(79(11)12)45-53(42-49)80(13)14)81-73(50)74-51(37-30-28-26-16-2)44-55(82-74)39-33-34-40-64-71-62(23-9)60(21-7)69(77-71)47-67-58(19-5)56(17-3)65(75-67)46-66-57(18-4)59(20-6)68(76-66)48-70-61(22-8)63(24-10)72(64)78-70/h41-48,75-76H,15-30,36-37H2,1-14H3. The van der Waals surface area contributed by atoms with Gasteiger partial charge in [0.1, 0.15) is 0 Å². The molecule has 8 heteroatoms. The van der Waals surface area contributed by atoms with Gasteiger partial charge >= 0.3 is 0 Å². The lowest BCUT2D eigenvalue weighted by atomic mass is 9.94. The summed E-state index contributed by atoms with van der Waals surface area (Å²) in [6, 6.07) is 18.1. The molecule has 7 heterocycles. The molecule has 426 valence electrons. The van der Waals surface area contributed by atoms with Crippen LogP contribution in [0.4, 0.5) is 11.4 Å². The largest absolute Gasteiger partial charge is 0.378 e. The number of unbranched alkanes of at least 4 members (excludes halogenated alkanes) is 6. The number of hydrogen-bond acceptors (Lipinski definition) is 6. The molecule has 1 aromatic carbocycles. The van der Waals surface area contributed by atoms with Gasteiger partial charge in [-0.1, -0.05) is 114 Å². The number of H-pyrrole nitrogens is 2. The van der Waals surface area contributed by atoms with Crippen molar-refractivity contribution in [1.82, 2.24) is 19.9 Å². The van der Waals surface area contributed by atoms with Gasteiger partial charge in [0.25, 0.3) is 0 Å². The molecule has 0 radical (unpaired) electrons. The van der Waals surface area contributed by atoms with Gasteiger partial charge in [-0.25, -0.2) is 9.97 Å². The highest BCUT2D eigenvalue weighted by Gasteiger charge is 2.27. The number of allylic oxidation sites excluding steroid dienone is 4. The molecule has 8 rings (SSSR count). The van der Waals surface area contributed by atoms with E-state index in [2.05, 4.69) is 213 Å². The zero-order valence-electron chi connectivity index (χ0n) is 52.0. The van der Waals surface area contributed by atoms with Crippen molar-refractivity contribution in [2.24, 2.45) is 0 Å². The van der Waals surface area contributed by atoms with E-state index in [9.17, 15) is 0 Å². The van der Waals surface area contributed by atoms with Crippen LogP contribution in [0.15, 0.2) is 48.5 Å². The maximum atomic E-state index is 5.63. The van der Waals surface area contributed by atoms with Crippen LogP contribution in [-0.4, -0.2) is 48.1 Å². The van der Waals surface area contributed by atoms with Gasteiger partial charge in [-0.15, -0.1) is 22.7 Å². The van der Waals surface area contributed by atoms with Crippen LogP contribution in [0.2, 0.25) is 0 Å². The molecule has 6 aromatic rings. The quantitative estimate of drug-likeness (QED) is 0.0557. The van der Waals surface area contributed by atoms with E-state index in [1.54, 1.807) is 0 Å². The Labute approximate surface area is 500 Å². The number of aryl methyl sites for hydroxylation is 6. The van der Waals surface area contributed by atoms with Crippen molar-refractivity contribution in [3.8, 4) is 57.1 Å². The lowest BCUT2D eigenvalue weighted by Gasteiger charge is -2.18. The van der Waals surface area contributed by atoms with E-state index in [1.807, 2.05) is 22.7 Å². The van der Waals surface area contributed by atoms with Crippen molar-refractivity contribution < 1.29 is 0 Å². The molecule has 0 spiro atoms. The van der Waals surface area contributed by atoms with Crippen molar-refractivity contribution in [2.75, 3.05) is 38.0 Å². The molecule has 6 nitrogen and oxygen atoms in total. The van der Waals surface area contributed by atoms with E-state index in [-0.39, 0.29) is 0 Å². The Morgan fingerprint density at radius 1 is 0.402 bits per heavy atom. The Bertz CT molecular complexity index is 3660. The zero-order valence-corrected chi connectivity index (χ0v) is 53.6. The first-order valence-electron chi connectivity index (χ1n) is 30.9. The molecule has 82 heavy (non-hydrogen) atoms. The molecule has 0 unspecified atom stereocenters. The van der Waals surface area contributed by atoms with E-state index >= 15 is 0 Å². The van der Waals surface area contributed by atoms with Gasteiger partial charge in [-0.2, -0.15) is 0 Å². The predicted molar refractivity (Wildman–Crippen MR) is 359 cm³/mol. The van der Waals surface area contributed by atoms with Gasteiger partial charge < -0.3 is 19.8 Å². The average molecular weight is 1130 g/mol. The van der Waals surface area contributed by atoms with E-state index in [1.165, 1.54) is 115 Å². The second kappa shape index (κ2) is 28.8. The summed E-state index contributed by atoms with van der Waals surface area (Å²) in [6.45, 7) is 22.7. The smallest absolute Gasteiger partial charge is 0.0851 e. The van der Waals surface area contributed by atoms with Crippen LogP contribution >= 0.6 is 22.7 Å². The Morgan fingerprint density at radius 2 is 0.793 bits per heavy atom. The van der Waals surface area contributed by atoms with E-state index in [0.29, 0.717) is 0 Å². The number of aromatic amines is 2. The Hall–Kier alpha value is -6.94. The SMILES string of the molecule is CCCCCCc1cc(C#CC#Cc2cc(N(C)C)cc(N(C)C)c2)sc1-c1sc(C#CC#Cc2c3nc(cc4[nH]c(cc5[nH]c(cc6nc2C(CC)=C6CC)c(CC)c5CC)c(CC)c4CC)C(CC)=C3CC)cc1CCCCCC. The molecule has 2 aliphatic rings. The van der Waals surface area contributed by atoms with E-state index in [4.69, 9.17) is 9.97 Å². The second-order valence-corrected chi connectivity index (χ2v) is 24.2. The molecule has 2 N–H and O–H groups in total. The highest BCUT2D eigenvalue weighted by molar-refractivity contribution is 7.23. The summed E-state index contributed by atoms with van der Waals surface area (Å²) in [5.41, 5.74) is 25.8. The van der Waals surface area contributed by atoms with Crippen molar-refractivity contribution in [3.05, 3.63) is 126 Å². The van der Waals surface area contributed by atoms with E-state index < -0.39 is 0 Å². The van der Waals surface area contributed by atoms with Crippen LogP contribution in [0.1, 0.15) is 223 Å². The highest BCUT2D eigenvalue weighted by atomic mass is 32.1. The fraction of sp³-hybridized carbons (Fsp3) is 0.432. The third kappa shape index (κ3) is 13.6. The monoisotopic (exact) mass is 1120 g/mol. The third-order valence-electron chi connectivity index (χ3n) is 16.4. The Balaban J connectivity index is 1.30. The summed E-state index contributed by atoms with van der Waals surface area (Å²) in [4.78, 5) is 28.1. The molecule has 0 amide bonds. The van der Waals surface area contributed by atoms with Gasteiger partial charge in [0.05, 0.1) is 38.1 Å². The number of rotatable bonds is 21. The van der Waals surface area contributed by atoms with Gasteiger partial charge in [0, 0.05) is 77.0 Å². The van der Waals surface area contributed by atoms with Crippen LogP contribution in [0.25, 0.3) is 54.1 Å². The van der Waals surface area contributed by atoms with Crippen molar-refractivity contribution in [3.63, 3.8) is 0 Å². The second-order valence-electron chi connectivity index (χ2n) is 22.1. The van der Waals surface area contributed by atoms with Crippen LogP contribution in [0.3, 0.4) is 0 Å². The molecule has 0 fully saturated rings. The first-order chi connectivity index (χ1) is 39.9. The number of hydrogen-bond donors (Lipinski definition) is 2. The van der Waals surface area contributed by atoms with Gasteiger partial charge in [0.15, 0.2) is 0 Å².